The average Bonchev–Trinajstić information content (AvgIpc) is 1.49. The first-order valence-electron chi connectivity index (χ1n) is 44.9. The van der Waals surface area contributed by atoms with Gasteiger partial charge in [-0.3, -0.25) is 19.2 Å². The number of benzene rings is 6. The second-order valence-electron chi connectivity index (χ2n) is 20.3. The molecule has 95 heavy (non-hydrogen) atoms. The van der Waals surface area contributed by atoms with Crippen molar-refractivity contribution in [1.82, 2.24) is 38.7 Å². The van der Waals surface area contributed by atoms with Crippen LogP contribution < -0.4 is 11.1 Å². The molecular weight excluding hydrogens is 1270 g/mol. The van der Waals surface area contributed by atoms with Gasteiger partial charge >= 0.3 is 12.4 Å². The number of aromatic nitrogens is 4. The molecule has 2 aliphatic rings. The Balaban J connectivity index is 0.000000292. The summed E-state index contributed by atoms with van der Waals surface area (Å²) in [4.78, 5) is 64.5. The van der Waals surface area contributed by atoms with E-state index in [0.29, 0.717) is 63.9 Å². The molecule has 10 rings (SSSR count). The minimum atomic E-state index is -5.40. The Labute approximate surface area is 603 Å². The highest BCUT2D eigenvalue weighted by Gasteiger charge is 2.32. The zero-order valence-electron chi connectivity index (χ0n) is 83.8. The van der Waals surface area contributed by atoms with Crippen molar-refractivity contribution >= 4 is 35.3 Å². The van der Waals surface area contributed by atoms with E-state index >= 15 is 4.79 Å². The van der Waals surface area contributed by atoms with Gasteiger partial charge in [0.2, 0.25) is 11.8 Å². The molecule has 502 valence electrons. The summed E-state index contributed by atoms with van der Waals surface area (Å²) in [5.41, 5.74) is -8.81. The lowest BCUT2D eigenvalue weighted by atomic mass is 9.98. The van der Waals surface area contributed by atoms with Crippen LogP contribution in [0, 0.1) is 18.6 Å². The number of hydrogen-bond acceptors (Lipinski definition) is 10. The Morgan fingerprint density at radius 1 is 0.547 bits per heavy atom. The van der Waals surface area contributed by atoms with Gasteiger partial charge in [-0.15, -0.1) is 0 Å². The van der Waals surface area contributed by atoms with Crippen LogP contribution in [0.25, 0.3) is 22.3 Å². The largest absolute Gasteiger partial charge is 0.416 e. The van der Waals surface area contributed by atoms with Gasteiger partial charge in [0.15, 0.2) is 10.3 Å². The monoisotopic (exact) mass is 1380 g/mol. The van der Waals surface area contributed by atoms with Crippen LogP contribution in [0.3, 0.4) is 0 Å². The van der Waals surface area contributed by atoms with Gasteiger partial charge in [0.1, 0.15) is 24.7 Å². The molecule has 0 atom stereocenters. The summed E-state index contributed by atoms with van der Waals surface area (Å²) in [6.07, 6.45) is -19.5. The minimum absolute atomic E-state index is 0.0293. The Bertz CT molecular complexity index is 5680. The third-order valence-corrected chi connectivity index (χ3v) is 16.1. The van der Waals surface area contributed by atoms with Crippen molar-refractivity contribution in [3.63, 3.8) is 0 Å². The molecule has 0 N–H and O–H groups in total. The van der Waals surface area contributed by atoms with Crippen molar-refractivity contribution in [2.75, 3.05) is 52.0 Å². The summed E-state index contributed by atoms with van der Waals surface area (Å²) in [6, 6.07) is 2.39. The molecule has 2 heterocycles. The lowest BCUT2D eigenvalue weighted by Crippen LogP contribution is -2.40. The van der Waals surface area contributed by atoms with Gasteiger partial charge in [-0.25, -0.2) is 8.78 Å². The van der Waals surface area contributed by atoms with Crippen LogP contribution in [0.15, 0.2) is 159 Å². The van der Waals surface area contributed by atoms with E-state index in [1.807, 2.05) is 0 Å². The molecule has 0 fully saturated rings. The molecule has 0 bridgehead atoms. The highest BCUT2D eigenvalue weighted by Crippen LogP contribution is 2.35. The van der Waals surface area contributed by atoms with Crippen molar-refractivity contribution in [1.29, 1.82) is 0 Å². The molecule has 6 aromatic carbocycles. The summed E-state index contributed by atoms with van der Waals surface area (Å²) in [7, 11) is 0. The molecule has 0 unspecified atom stereocenters. The van der Waals surface area contributed by atoms with Crippen molar-refractivity contribution in [3.8, 4) is 22.3 Å². The molecule has 8 aromatic rings. The van der Waals surface area contributed by atoms with E-state index in [4.69, 9.17) is 42.5 Å². The third kappa shape index (κ3) is 19.0. The number of thioether (sulfide) groups is 2. The number of fused-ring (bicyclic) bond motifs is 2. The van der Waals surface area contributed by atoms with Gasteiger partial charge < -0.3 is 28.7 Å². The van der Waals surface area contributed by atoms with E-state index in [0.717, 1.165) is 56.8 Å². The molecule has 22 heteroatoms. The second-order valence-corrected chi connectivity index (χ2v) is 22.2. The van der Waals surface area contributed by atoms with Gasteiger partial charge in [0, 0.05) is 97.8 Å². The van der Waals surface area contributed by atoms with Crippen LogP contribution in [0.1, 0.15) is 147 Å². The number of halogens is 8. The summed E-state index contributed by atoms with van der Waals surface area (Å²) < 4.78 is 393. The van der Waals surface area contributed by atoms with E-state index in [1.54, 1.807) is 0 Å². The van der Waals surface area contributed by atoms with Gasteiger partial charge in [-0.2, -0.15) is 36.3 Å². The molecule has 2 aromatic heterocycles. The number of hydrogen-bond donors (Lipinski definition) is 0. The Morgan fingerprint density at radius 2 is 1.05 bits per heavy atom. The molecule has 0 radical (unpaired) electrons. The Morgan fingerprint density at radius 3 is 1.61 bits per heavy atom. The zero-order chi connectivity index (χ0) is 97.3. The highest BCUT2D eigenvalue weighted by molar-refractivity contribution is 7.98. The maximum Gasteiger partial charge on any atom is 0.416 e. The normalized spacial score (nSPS) is 20.7. The summed E-state index contributed by atoms with van der Waals surface area (Å²) >= 11 is 1.29. The SMILES string of the molecule is [2H]c1c([2H])c(-c2c([2H])c([2H])c(C(F)(F)F)c([2H])c2[2H])c([2H])c(C)c1CN(C(=O)Cn1c(SCc2ccc(F)cc2)nc(=O)c2c1C([2H])([2H])C([2H])([2H])C2([2H])[2H])C([2H])([2H])C([2H])([2H])N(C([2H])([2H])C)C([2H])([2H])C.[2H]c1c([2H])c(CSc2nc(=O)c3c(n2CC(=O)N(Cc2ccc(-c4ccc(C(F)(F)F)cc4)cc2)C([2H])([2H])C([2H])([2H])N(C([2H])([2H])C)C([2H])([2H])C)CCC3)c([2H])c([2H])c1F. The van der Waals surface area contributed by atoms with Crippen LogP contribution in [-0.2, 0) is 85.2 Å². The van der Waals surface area contributed by atoms with Crippen LogP contribution in [0.4, 0.5) is 35.1 Å². The van der Waals surface area contributed by atoms with E-state index < -0.39 is 260 Å². The topological polar surface area (TPSA) is 117 Å². The van der Waals surface area contributed by atoms with Crippen LogP contribution in [0.5, 0.6) is 0 Å². The summed E-state index contributed by atoms with van der Waals surface area (Å²) in [6.45, 7) is -27.6. The quantitative estimate of drug-likeness (QED) is 0.0295. The maximum absolute atomic E-state index is 15.1. The first-order chi connectivity index (χ1) is 58.1. The highest BCUT2D eigenvalue weighted by atomic mass is 32.2. The summed E-state index contributed by atoms with van der Waals surface area (Å²) in [5, 5.41) is -0.806. The number of carbonyl (C=O) groups excluding carboxylic acids is 2. The lowest BCUT2D eigenvalue weighted by molar-refractivity contribution is -0.138. The Hall–Kier alpha value is -7.92. The number of likely N-dealkylation sites (N-methyl/N-ethyl adjacent to an activating group) is 2. The average molecular weight is 1380 g/mol. The third-order valence-electron chi connectivity index (χ3n) is 14.1. The molecule has 2 aliphatic carbocycles. The fourth-order valence-electron chi connectivity index (χ4n) is 9.18. The predicted octanol–water partition coefficient (Wildman–Crippen LogP) is 14.7. The van der Waals surface area contributed by atoms with Crippen LogP contribution >= 0.6 is 23.5 Å². The second kappa shape index (κ2) is 32.7. The molecule has 2 amide bonds. The van der Waals surface area contributed by atoms with E-state index in [1.165, 1.54) is 53.1 Å². The number of alkyl halides is 6. The van der Waals surface area contributed by atoms with E-state index in [2.05, 4.69) is 9.97 Å². The molecule has 0 saturated heterocycles. The van der Waals surface area contributed by atoms with Gasteiger partial charge in [0.05, 0.1) is 31.7 Å². The van der Waals surface area contributed by atoms with Crippen LogP contribution in [0.2, 0.25) is 0 Å². The Kier molecular flexibility index (Phi) is 13.5. The van der Waals surface area contributed by atoms with Gasteiger partial charge in [-0.1, -0.05) is 142 Å². The molecule has 0 saturated carbocycles. The first kappa shape index (κ1) is 39.3. The molecular formula is C73H78F8N8O4S2. The van der Waals surface area contributed by atoms with Gasteiger partial charge in [0.25, 0.3) is 11.1 Å². The first-order valence-corrected chi connectivity index (χ1v) is 30.4. The molecule has 12 nitrogen and oxygen atoms in total. The van der Waals surface area contributed by atoms with E-state index in [9.17, 15) is 52.2 Å². The number of amides is 2. The standard InChI is InChI=1S/C37H40F4N4O2S.C36H38F4N4O2S/c1-4-43(5-2)19-20-44(22-29-12-11-28(21-25(29)3)27-13-15-30(16-14-27)37(39,40)41)34(46)23-45-33-8-6-7-32(33)35(47)42-36(45)48-24-26-9-17-31(38)18-10-26;1-3-42(4-2)20-21-43(22-25-8-12-27(13-9-25)28-14-16-29(17-15-28)36(38,39)40)33(45)23-44-32-7-5-6-31(32)34(46)41-35(44)47-24-26-10-18-30(37)19-11-26/h9-18,21H,4-8,19-20,22-24H2,1-3H3;8-19H,3-7,20-24H2,1-2H3/i4D2,5D2,6D2,7D2,8D2,11D,12D,13D,14D,15D,16D,19D2,20D2,21D;3D2,4D2,10D,11D,18D,19D,20D2,21D2. The molecule has 0 aliphatic heterocycles. The van der Waals surface area contributed by atoms with Crippen molar-refractivity contribution in [3.05, 3.63) is 233 Å². The van der Waals surface area contributed by atoms with Crippen molar-refractivity contribution < 1.29 is 89.9 Å². The summed E-state index contributed by atoms with van der Waals surface area (Å²) in [5.74, 6) is -5.50. The number of rotatable bonds is 26. The smallest absolute Gasteiger partial charge is 0.336 e. The number of nitrogens with zero attached hydrogens (tertiary/aromatic N) is 8. The van der Waals surface area contributed by atoms with Crippen molar-refractivity contribution in [2.24, 2.45) is 0 Å². The fourth-order valence-corrected chi connectivity index (χ4v) is 11.0. The molecule has 0 spiro atoms. The lowest BCUT2D eigenvalue weighted by Gasteiger charge is -2.28. The van der Waals surface area contributed by atoms with E-state index in [-0.39, 0.29) is 60.9 Å². The predicted molar refractivity (Wildman–Crippen MR) is 358 cm³/mol. The minimum Gasteiger partial charge on any atom is -0.336 e. The zero-order valence-corrected chi connectivity index (χ0v) is 52.5. The maximum atomic E-state index is 15.1. The fraction of sp³-hybridized carbons (Fsp3) is 0.370. The van der Waals surface area contributed by atoms with Crippen LogP contribution in [-0.4, -0.2) is 102 Å². The number of carbonyl (C=O) groups is 2. The van der Waals surface area contributed by atoms with Crippen molar-refractivity contribution in [2.45, 2.75) is 133 Å². The van der Waals surface area contributed by atoms with Gasteiger partial charge in [-0.05, 0) is 170 Å².